The molecule has 1 atom stereocenters. The fraction of sp³-hybridized carbons (Fsp3) is 0.333. The van der Waals surface area contributed by atoms with Crippen molar-refractivity contribution in [3.63, 3.8) is 0 Å². The van der Waals surface area contributed by atoms with E-state index in [-0.39, 0.29) is 36.0 Å². The van der Waals surface area contributed by atoms with Gasteiger partial charge in [-0.25, -0.2) is 4.79 Å². The van der Waals surface area contributed by atoms with Gasteiger partial charge in [0.25, 0.3) is 0 Å². The van der Waals surface area contributed by atoms with Crippen LogP contribution in [0.25, 0.3) is 0 Å². The maximum atomic E-state index is 12.8. The zero-order valence-electron chi connectivity index (χ0n) is 18.0. The van der Waals surface area contributed by atoms with Gasteiger partial charge in [0.2, 0.25) is 5.88 Å². The molecule has 0 saturated heterocycles. The Balaban J connectivity index is 2.77. The number of ether oxygens (including phenoxy) is 4. The van der Waals surface area contributed by atoms with Crippen LogP contribution in [-0.2, 0) is 20.7 Å². The van der Waals surface area contributed by atoms with Crippen LogP contribution in [0.1, 0.15) is 37.8 Å². The number of carbonyl (C=O) groups excluding carboxylic acids is 1. The van der Waals surface area contributed by atoms with Gasteiger partial charge < -0.3 is 24.7 Å². The number of nitrogens with zero attached hydrogens (tertiary/aromatic N) is 1. The molecule has 31 heavy (non-hydrogen) atoms. The van der Waals surface area contributed by atoms with Crippen molar-refractivity contribution in [3.8, 4) is 29.9 Å². The molecule has 0 aliphatic carbocycles. The van der Waals surface area contributed by atoms with E-state index in [1.165, 1.54) is 0 Å². The molecule has 1 aromatic rings. The van der Waals surface area contributed by atoms with Crippen LogP contribution in [0.3, 0.4) is 0 Å². The number of nitriles is 1. The summed E-state index contributed by atoms with van der Waals surface area (Å²) in [7, 11) is 0. The molecule has 0 saturated carbocycles. The number of esters is 1. The second-order valence-electron chi connectivity index (χ2n) is 6.54. The molecular formula is C24H26N2O5. The quantitative estimate of drug-likeness (QED) is 0.369. The average Bonchev–Trinajstić information content (AvgIpc) is 2.73. The number of carbonyl (C=O) groups is 1. The van der Waals surface area contributed by atoms with E-state index in [4.69, 9.17) is 31.1 Å². The van der Waals surface area contributed by atoms with E-state index in [9.17, 15) is 10.1 Å². The van der Waals surface area contributed by atoms with Gasteiger partial charge in [-0.3, -0.25) is 0 Å². The third-order valence-electron chi connectivity index (χ3n) is 4.55. The summed E-state index contributed by atoms with van der Waals surface area (Å²) >= 11 is 0. The van der Waals surface area contributed by atoms with Gasteiger partial charge in [-0.05, 0) is 38.8 Å². The van der Waals surface area contributed by atoms with Crippen LogP contribution in [-0.4, -0.2) is 25.8 Å². The number of hydrogen-bond donors (Lipinski definition) is 1. The van der Waals surface area contributed by atoms with Crippen molar-refractivity contribution in [3.05, 3.63) is 58.7 Å². The number of hydrogen-bond acceptors (Lipinski definition) is 7. The van der Waals surface area contributed by atoms with Gasteiger partial charge >= 0.3 is 5.97 Å². The standard InChI is InChI=1S/C24H26N2O5/c1-6-10-16-12-17(13-19(28-8-3)22(16)30-11-7-2)21-18(14-25)23(26)31-15(5)20(21)24(27)29-9-4/h2,6,12-13,21H,1,8-11,26H2,3-5H3. The van der Waals surface area contributed by atoms with Crippen LogP contribution in [0.2, 0.25) is 0 Å². The Morgan fingerprint density at radius 2 is 2.10 bits per heavy atom. The normalized spacial score (nSPS) is 15.5. The first kappa shape index (κ1) is 23.4. The van der Waals surface area contributed by atoms with Crippen LogP contribution in [0.4, 0.5) is 0 Å². The van der Waals surface area contributed by atoms with E-state index >= 15 is 0 Å². The van der Waals surface area contributed by atoms with E-state index in [1.807, 2.05) is 13.0 Å². The van der Waals surface area contributed by atoms with E-state index in [0.717, 1.165) is 5.56 Å². The van der Waals surface area contributed by atoms with E-state index in [0.29, 0.717) is 30.1 Å². The second kappa shape index (κ2) is 10.8. The first-order valence-electron chi connectivity index (χ1n) is 9.85. The second-order valence-corrected chi connectivity index (χ2v) is 6.54. The Hall–Kier alpha value is -3.84. The molecule has 1 aliphatic rings. The maximum absolute atomic E-state index is 12.8. The zero-order chi connectivity index (χ0) is 23.0. The highest BCUT2D eigenvalue weighted by Gasteiger charge is 2.37. The molecule has 2 rings (SSSR count). The molecule has 0 fully saturated rings. The first-order valence-corrected chi connectivity index (χ1v) is 9.85. The lowest BCUT2D eigenvalue weighted by Gasteiger charge is -2.28. The number of nitrogens with two attached hydrogens (primary N) is 1. The zero-order valence-corrected chi connectivity index (χ0v) is 18.0. The highest BCUT2D eigenvalue weighted by molar-refractivity contribution is 5.92. The van der Waals surface area contributed by atoms with Crippen LogP contribution in [0, 0.1) is 23.7 Å². The minimum absolute atomic E-state index is 0.0597. The molecule has 2 N–H and O–H groups in total. The van der Waals surface area contributed by atoms with Crippen molar-refractivity contribution < 1.29 is 23.7 Å². The number of terminal acetylenes is 1. The summed E-state index contributed by atoms with van der Waals surface area (Å²) in [5, 5.41) is 9.79. The predicted molar refractivity (Wildman–Crippen MR) is 116 cm³/mol. The molecule has 0 aromatic heterocycles. The lowest BCUT2D eigenvalue weighted by molar-refractivity contribution is -0.139. The van der Waals surface area contributed by atoms with Gasteiger partial charge in [0, 0.05) is 5.56 Å². The Kier molecular flexibility index (Phi) is 8.16. The molecule has 0 spiro atoms. The third-order valence-corrected chi connectivity index (χ3v) is 4.55. The molecule has 1 aliphatic heterocycles. The lowest BCUT2D eigenvalue weighted by atomic mass is 9.82. The average molecular weight is 422 g/mol. The van der Waals surface area contributed by atoms with Gasteiger partial charge in [-0.15, -0.1) is 13.0 Å². The van der Waals surface area contributed by atoms with Crippen molar-refractivity contribution in [1.29, 1.82) is 5.26 Å². The van der Waals surface area contributed by atoms with Crippen molar-refractivity contribution >= 4 is 5.97 Å². The first-order chi connectivity index (χ1) is 14.9. The molecular weight excluding hydrogens is 396 g/mol. The van der Waals surface area contributed by atoms with Gasteiger partial charge in [-0.1, -0.05) is 18.1 Å². The molecule has 7 heteroatoms. The Bertz CT molecular complexity index is 1010. The van der Waals surface area contributed by atoms with Crippen LogP contribution >= 0.6 is 0 Å². The smallest absolute Gasteiger partial charge is 0.338 e. The van der Waals surface area contributed by atoms with Crippen molar-refractivity contribution in [2.24, 2.45) is 5.73 Å². The van der Waals surface area contributed by atoms with Crippen LogP contribution in [0.15, 0.2) is 47.6 Å². The van der Waals surface area contributed by atoms with Crippen LogP contribution < -0.4 is 15.2 Å². The summed E-state index contributed by atoms with van der Waals surface area (Å²) in [6.45, 7) is 9.56. The molecule has 162 valence electrons. The summed E-state index contributed by atoms with van der Waals surface area (Å²) in [4.78, 5) is 12.8. The number of allylic oxidation sites excluding steroid dienone is 3. The van der Waals surface area contributed by atoms with Gasteiger partial charge in [0.05, 0.1) is 24.7 Å². The number of rotatable bonds is 9. The summed E-state index contributed by atoms with van der Waals surface area (Å²) < 4.78 is 22.2. The summed E-state index contributed by atoms with van der Waals surface area (Å²) in [6, 6.07) is 5.61. The highest BCUT2D eigenvalue weighted by atomic mass is 16.5. The molecule has 7 nitrogen and oxygen atoms in total. The monoisotopic (exact) mass is 422 g/mol. The van der Waals surface area contributed by atoms with Gasteiger partial charge in [-0.2, -0.15) is 5.26 Å². The molecule has 0 amide bonds. The Morgan fingerprint density at radius 3 is 2.68 bits per heavy atom. The Morgan fingerprint density at radius 1 is 1.35 bits per heavy atom. The van der Waals surface area contributed by atoms with E-state index < -0.39 is 11.9 Å². The van der Waals surface area contributed by atoms with E-state index in [2.05, 4.69) is 18.6 Å². The van der Waals surface area contributed by atoms with Gasteiger partial charge in [0.1, 0.15) is 24.0 Å². The highest BCUT2D eigenvalue weighted by Crippen LogP contribution is 2.44. The molecule has 1 aromatic carbocycles. The molecule has 0 radical (unpaired) electrons. The van der Waals surface area contributed by atoms with Crippen molar-refractivity contribution in [2.75, 3.05) is 19.8 Å². The molecule has 0 bridgehead atoms. The van der Waals surface area contributed by atoms with Crippen molar-refractivity contribution in [1.82, 2.24) is 0 Å². The fourth-order valence-corrected chi connectivity index (χ4v) is 3.39. The fourth-order valence-electron chi connectivity index (χ4n) is 3.39. The van der Waals surface area contributed by atoms with Crippen molar-refractivity contribution in [2.45, 2.75) is 33.1 Å². The lowest BCUT2D eigenvalue weighted by Crippen LogP contribution is -2.25. The molecule has 1 heterocycles. The Labute approximate surface area is 182 Å². The SMILES string of the molecule is C#CCOc1c(CC=C)cc(C2C(C#N)=C(N)OC(C)=C2C(=O)OCC)cc1OCC. The summed E-state index contributed by atoms with van der Waals surface area (Å²) in [6.07, 6.45) is 7.52. The van der Waals surface area contributed by atoms with Crippen LogP contribution in [0.5, 0.6) is 11.5 Å². The number of benzene rings is 1. The van der Waals surface area contributed by atoms with Gasteiger partial charge in [0.15, 0.2) is 11.5 Å². The molecule has 1 unspecified atom stereocenters. The minimum atomic E-state index is -0.790. The predicted octanol–water partition coefficient (Wildman–Crippen LogP) is 3.47. The minimum Gasteiger partial charge on any atom is -0.490 e. The summed E-state index contributed by atoms with van der Waals surface area (Å²) in [5.74, 6) is 2.21. The van der Waals surface area contributed by atoms with E-state index in [1.54, 1.807) is 26.0 Å². The third kappa shape index (κ3) is 5.02. The topological polar surface area (TPSA) is 104 Å². The summed E-state index contributed by atoms with van der Waals surface area (Å²) in [5.41, 5.74) is 7.66. The largest absolute Gasteiger partial charge is 0.490 e. The maximum Gasteiger partial charge on any atom is 0.338 e.